The molecule has 3 rings (SSSR count). The third-order valence-corrected chi connectivity index (χ3v) is 5.59. The molecule has 0 radical (unpaired) electrons. The van der Waals surface area contributed by atoms with Gasteiger partial charge in [0, 0.05) is 31.6 Å². The minimum atomic E-state index is -0.724. The lowest BCUT2D eigenvalue weighted by Gasteiger charge is -2.20. The lowest BCUT2D eigenvalue weighted by atomic mass is 10.2. The second-order valence-corrected chi connectivity index (χ2v) is 7.44. The van der Waals surface area contributed by atoms with Crippen molar-refractivity contribution in [3.8, 4) is 6.07 Å². The number of hydrazone groups is 1. The van der Waals surface area contributed by atoms with Gasteiger partial charge in [-0.1, -0.05) is 12.8 Å². The average Bonchev–Trinajstić information content (AvgIpc) is 3.29. The van der Waals surface area contributed by atoms with Crippen LogP contribution in [0, 0.1) is 25.2 Å². The minimum Gasteiger partial charge on any atom is -0.451 e. The molecule has 0 unspecified atom stereocenters. The molecule has 2 aliphatic rings. The van der Waals surface area contributed by atoms with Gasteiger partial charge in [-0.15, -0.1) is 0 Å². The van der Waals surface area contributed by atoms with Crippen LogP contribution in [0.2, 0.25) is 0 Å². The van der Waals surface area contributed by atoms with Crippen molar-refractivity contribution in [3.63, 3.8) is 0 Å². The molecule has 29 heavy (non-hydrogen) atoms. The van der Waals surface area contributed by atoms with Crippen LogP contribution in [0.1, 0.15) is 61.4 Å². The van der Waals surface area contributed by atoms with Crippen molar-refractivity contribution >= 4 is 29.3 Å². The number of aromatic nitrogens is 1. The standard InChI is InChI=1S/C20H25N5O4/c1-12-13(2)25(14-6-4-5-7-14)19(15(12)10-21)22-17(26)11-29-20(28)16-8-9-18(27)24(3)23-16/h14H,4-9,11H2,1-3H3,(H,22,26). The second kappa shape index (κ2) is 8.47. The molecule has 1 aromatic rings. The van der Waals surface area contributed by atoms with E-state index in [9.17, 15) is 19.6 Å². The summed E-state index contributed by atoms with van der Waals surface area (Å²) in [6.07, 6.45) is 4.61. The molecule has 9 nitrogen and oxygen atoms in total. The first-order valence-corrected chi connectivity index (χ1v) is 9.76. The van der Waals surface area contributed by atoms with Crippen LogP contribution in [-0.2, 0) is 19.1 Å². The zero-order valence-electron chi connectivity index (χ0n) is 16.9. The number of hydrogen-bond donors (Lipinski definition) is 1. The number of amides is 2. The normalized spacial score (nSPS) is 17.1. The number of ether oxygens (including phenoxy) is 1. The molecular formula is C20H25N5O4. The fourth-order valence-corrected chi connectivity index (χ4v) is 3.91. The maximum Gasteiger partial charge on any atom is 0.355 e. The van der Waals surface area contributed by atoms with E-state index in [2.05, 4.69) is 16.5 Å². The van der Waals surface area contributed by atoms with E-state index in [1.807, 2.05) is 18.4 Å². The first-order valence-electron chi connectivity index (χ1n) is 9.76. The summed E-state index contributed by atoms with van der Waals surface area (Å²) in [6.45, 7) is 3.32. The molecule has 1 fully saturated rings. The van der Waals surface area contributed by atoms with E-state index in [1.54, 1.807) is 0 Å². The van der Waals surface area contributed by atoms with Gasteiger partial charge in [-0.2, -0.15) is 10.4 Å². The largest absolute Gasteiger partial charge is 0.451 e. The molecule has 0 bridgehead atoms. The number of nitrogens with one attached hydrogen (secondary N) is 1. The summed E-state index contributed by atoms with van der Waals surface area (Å²) in [6, 6.07) is 2.43. The number of hydrogen-bond acceptors (Lipinski definition) is 6. The van der Waals surface area contributed by atoms with Gasteiger partial charge in [-0.25, -0.2) is 9.80 Å². The van der Waals surface area contributed by atoms with Crippen LogP contribution >= 0.6 is 0 Å². The van der Waals surface area contributed by atoms with Gasteiger partial charge in [-0.3, -0.25) is 9.59 Å². The number of nitriles is 1. The van der Waals surface area contributed by atoms with E-state index in [1.165, 1.54) is 7.05 Å². The lowest BCUT2D eigenvalue weighted by Crippen LogP contribution is -2.33. The van der Waals surface area contributed by atoms with Gasteiger partial charge >= 0.3 is 5.97 Å². The Morgan fingerprint density at radius 3 is 2.59 bits per heavy atom. The molecule has 1 aliphatic heterocycles. The van der Waals surface area contributed by atoms with Crippen molar-refractivity contribution < 1.29 is 19.1 Å². The number of esters is 1. The number of carbonyl (C=O) groups is 3. The number of nitrogens with zero attached hydrogens (tertiary/aromatic N) is 4. The quantitative estimate of drug-likeness (QED) is 0.762. The highest BCUT2D eigenvalue weighted by Gasteiger charge is 2.27. The Hall–Kier alpha value is -3.15. The van der Waals surface area contributed by atoms with Crippen LogP contribution in [0.5, 0.6) is 0 Å². The van der Waals surface area contributed by atoms with Gasteiger partial charge in [0.15, 0.2) is 6.61 Å². The Labute approximate surface area is 169 Å². The number of carbonyl (C=O) groups excluding carboxylic acids is 3. The van der Waals surface area contributed by atoms with Crippen LogP contribution in [0.15, 0.2) is 5.10 Å². The molecule has 0 aromatic carbocycles. The summed E-state index contributed by atoms with van der Waals surface area (Å²) in [5.41, 5.74) is 2.35. The monoisotopic (exact) mass is 399 g/mol. The van der Waals surface area contributed by atoms with Crippen LogP contribution in [0.3, 0.4) is 0 Å². The Morgan fingerprint density at radius 2 is 1.97 bits per heavy atom. The topological polar surface area (TPSA) is 117 Å². The van der Waals surface area contributed by atoms with Gasteiger partial charge < -0.3 is 14.6 Å². The van der Waals surface area contributed by atoms with E-state index < -0.39 is 18.5 Å². The highest BCUT2D eigenvalue weighted by molar-refractivity contribution is 6.37. The van der Waals surface area contributed by atoms with Crippen LogP contribution in [-0.4, -0.2) is 46.7 Å². The number of rotatable bonds is 5. The second-order valence-electron chi connectivity index (χ2n) is 7.44. The summed E-state index contributed by atoms with van der Waals surface area (Å²) < 4.78 is 7.10. The van der Waals surface area contributed by atoms with Crippen LogP contribution in [0.25, 0.3) is 0 Å². The molecule has 1 aromatic heterocycles. The van der Waals surface area contributed by atoms with Crippen LogP contribution < -0.4 is 5.32 Å². The molecule has 0 atom stereocenters. The first-order chi connectivity index (χ1) is 13.8. The summed E-state index contributed by atoms with van der Waals surface area (Å²) in [4.78, 5) is 36.0. The summed E-state index contributed by atoms with van der Waals surface area (Å²) in [7, 11) is 1.47. The zero-order chi connectivity index (χ0) is 21.1. The molecule has 154 valence electrons. The third kappa shape index (κ3) is 4.16. The number of anilines is 1. The first kappa shape index (κ1) is 20.6. The van der Waals surface area contributed by atoms with Crippen LogP contribution in [0.4, 0.5) is 5.82 Å². The van der Waals surface area contributed by atoms with E-state index >= 15 is 0 Å². The van der Waals surface area contributed by atoms with Gasteiger partial charge in [0.1, 0.15) is 17.6 Å². The Balaban J connectivity index is 1.70. The molecular weight excluding hydrogens is 374 g/mol. The van der Waals surface area contributed by atoms with Gasteiger partial charge in [0.05, 0.1) is 5.56 Å². The summed E-state index contributed by atoms with van der Waals surface area (Å²) >= 11 is 0. The van der Waals surface area contributed by atoms with Gasteiger partial charge in [0.2, 0.25) is 5.91 Å². The molecule has 1 saturated carbocycles. The van der Waals surface area contributed by atoms with Crippen molar-refractivity contribution in [2.45, 2.75) is 58.4 Å². The highest BCUT2D eigenvalue weighted by Crippen LogP contribution is 2.37. The maximum absolute atomic E-state index is 12.5. The van der Waals surface area contributed by atoms with Crippen molar-refractivity contribution in [1.82, 2.24) is 9.58 Å². The predicted molar refractivity (Wildman–Crippen MR) is 105 cm³/mol. The lowest BCUT2D eigenvalue weighted by molar-refractivity contribution is -0.141. The fourth-order valence-electron chi connectivity index (χ4n) is 3.91. The summed E-state index contributed by atoms with van der Waals surface area (Å²) in [5.74, 6) is -0.955. The zero-order valence-corrected chi connectivity index (χ0v) is 16.9. The molecule has 0 saturated heterocycles. The molecule has 2 heterocycles. The van der Waals surface area contributed by atoms with E-state index in [0.29, 0.717) is 11.4 Å². The van der Waals surface area contributed by atoms with Gasteiger partial charge in [0.25, 0.3) is 5.91 Å². The minimum absolute atomic E-state index is 0.110. The van der Waals surface area contributed by atoms with Crippen molar-refractivity contribution in [2.24, 2.45) is 5.10 Å². The van der Waals surface area contributed by atoms with E-state index in [-0.39, 0.29) is 30.5 Å². The predicted octanol–water partition coefficient (Wildman–Crippen LogP) is 2.18. The van der Waals surface area contributed by atoms with Crippen molar-refractivity contribution in [2.75, 3.05) is 19.0 Å². The SMILES string of the molecule is Cc1c(C#N)c(NC(=O)COC(=O)C2=NN(C)C(=O)CC2)n(C2CCCC2)c1C. The fraction of sp³-hybridized carbons (Fsp3) is 0.550. The highest BCUT2D eigenvalue weighted by atomic mass is 16.5. The molecule has 1 aliphatic carbocycles. The Bertz CT molecular complexity index is 918. The average molecular weight is 399 g/mol. The Kier molecular flexibility index (Phi) is 6.01. The smallest absolute Gasteiger partial charge is 0.355 e. The molecule has 1 N–H and O–H groups in total. The van der Waals surface area contributed by atoms with E-state index in [0.717, 1.165) is 41.9 Å². The summed E-state index contributed by atoms with van der Waals surface area (Å²) in [5, 5.41) is 17.3. The third-order valence-electron chi connectivity index (χ3n) is 5.59. The Morgan fingerprint density at radius 1 is 1.28 bits per heavy atom. The van der Waals surface area contributed by atoms with E-state index in [4.69, 9.17) is 4.74 Å². The molecule has 9 heteroatoms. The maximum atomic E-state index is 12.5. The molecule has 0 spiro atoms. The van der Waals surface area contributed by atoms with Crippen molar-refractivity contribution in [1.29, 1.82) is 5.26 Å². The molecule has 2 amide bonds. The van der Waals surface area contributed by atoms with Crippen molar-refractivity contribution in [3.05, 3.63) is 16.8 Å². The van der Waals surface area contributed by atoms with Gasteiger partial charge in [-0.05, 0) is 32.3 Å².